The fraction of sp³-hybridized carbons (Fsp3) is 0.364. The molecule has 9 nitrogen and oxygen atoms in total. The first-order valence-electron chi connectivity index (χ1n) is 10.6. The summed E-state index contributed by atoms with van der Waals surface area (Å²) in [5.41, 5.74) is 5.83. The molecule has 4 N–H and O–H groups in total. The standard InChI is InChI=1S/C22H25F3N4O5S/c1-34-20-3-2-15(35(27,32)33)11-16(20)22(31)29-6-4-28(5-7-29)21(30)10-14(26)8-13-9-18(24)19(25)12-17(13)23/h2-3,9,11-12,14H,4-8,10,26H2,1H3,(H2,27,32,33). The number of halogens is 3. The molecule has 0 aliphatic carbocycles. The van der Waals surface area contributed by atoms with Crippen molar-refractivity contribution >= 4 is 21.8 Å². The Hall–Kier alpha value is -3.16. The molecule has 3 rings (SSSR count). The Labute approximate surface area is 200 Å². The van der Waals surface area contributed by atoms with Gasteiger partial charge in [0.05, 0.1) is 17.6 Å². The Morgan fingerprint density at radius 1 is 1.00 bits per heavy atom. The highest BCUT2D eigenvalue weighted by Gasteiger charge is 2.28. The third-order valence-electron chi connectivity index (χ3n) is 5.66. The number of benzene rings is 2. The first-order valence-corrected chi connectivity index (χ1v) is 12.1. The van der Waals surface area contributed by atoms with Crippen molar-refractivity contribution in [2.24, 2.45) is 10.9 Å². The number of rotatable bonds is 7. The normalized spacial score (nSPS) is 15.1. The summed E-state index contributed by atoms with van der Waals surface area (Å²) in [6, 6.07) is 4.04. The molecule has 0 bridgehead atoms. The van der Waals surface area contributed by atoms with Crippen LogP contribution >= 0.6 is 0 Å². The second-order valence-corrected chi connectivity index (χ2v) is 9.67. The lowest BCUT2D eigenvalue weighted by molar-refractivity contribution is -0.133. The third kappa shape index (κ3) is 6.29. The van der Waals surface area contributed by atoms with Crippen molar-refractivity contribution in [3.8, 4) is 5.75 Å². The van der Waals surface area contributed by atoms with Gasteiger partial charge in [-0.3, -0.25) is 9.59 Å². The van der Waals surface area contributed by atoms with Gasteiger partial charge in [-0.2, -0.15) is 0 Å². The van der Waals surface area contributed by atoms with Crippen LogP contribution in [0.4, 0.5) is 13.2 Å². The summed E-state index contributed by atoms with van der Waals surface area (Å²) in [6.07, 6.45) is -0.315. The summed E-state index contributed by atoms with van der Waals surface area (Å²) < 4.78 is 68.8. The van der Waals surface area contributed by atoms with Crippen LogP contribution in [0, 0.1) is 17.5 Å². The smallest absolute Gasteiger partial charge is 0.257 e. The second kappa shape index (κ2) is 10.6. The molecular formula is C22H25F3N4O5S. The molecule has 1 aliphatic heterocycles. The Bertz CT molecular complexity index is 1230. The van der Waals surface area contributed by atoms with Crippen molar-refractivity contribution in [1.29, 1.82) is 0 Å². The van der Waals surface area contributed by atoms with Crippen LogP contribution in [0.15, 0.2) is 35.2 Å². The highest BCUT2D eigenvalue weighted by Crippen LogP contribution is 2.24. The maximum absolute atomic E-state index is 13.8. The zero-order valence-electron chi connectivity index (χ0n) is 18.8. The van der Waals surface area contributed by atoms with Gasteiger partial charge in [-0.1, -0.05) is 0 Å². The monoisotopic (exact) mass is 514 g/mol. The molecule has 1 saturated heterocycles. The average molecular weight is 515 g/mol. The zero-order chi connectivity index (χ0) is 25.9. The lowest BCUT2D eigenvalue weighted by Crippen LogP contribution is -2.51. The summed E-state index contributed by atoms with van der Waals surface area (Å²) in [5.74, 6) is -4.09. The lowest BCUT2D eigenvalue weighted by Gasteiger charge is -2.35. The Balaban J connectivity index is 1.60. The lowest BCUT2D eigenvalue weighted by atomic mass is 10.0. The molecule has 190 valence electrons. The number of ether oxygens (including phenoxy) is 1. The zero-order valence-corrected chi connectivity index (χ0v) is 19.7. The molecule has 0 aromatic heterocycles. The van der Waals surface area contributed by atoms with Gasteiger partial charge in [0.25, 0.3) is 5.91 Å². The van der Waals surface area contributed by atoms with Gasteiger partial charge >= 0.3 is 0 Å². The van der Waals surface area contributed by atoms with E-state index in [0.29, 0.717) is 6.07 Å². The van der Waals surface area contributed by atoms with E-state index >= 15 is 0 Å². The number of hydrogen-bond donors (Lipinski definition) is 2. The van der Waals surface area contributed by atoms with Crippen molar-refractivity contribution in [2.45, 2.75) is 23.8 Å². The number of primary sulfonamides is 1. The van der Waals surface area contributed by atoms with Crippen LogP contribution in [0.5, 0.6) is 5.75 Å². The van der Waals surface area contributed by atoms with Crippen molar-refractivity contribution in [2.75, 3.05) is 33.3 Å². The maximum Gasteiger partial charge on any atom is 0.257 e. The van der Waals surface area contributed by atoms with Crippen LogP contribution in [0.3, 0.4) is 0 Å². The average Bonchev–Trinajstić information content (AvgIpc) is 2.81. The first-order chi connectivity index (χ1) is 16.4. The van der Waals surface area contributed by atoms with Crippen molar-refractivity contribution < 1.29 is 35.9 Å². The SMILES string of the molecule is COc1ccc(S(N)(=O)=O)cc1C(=O)N1CCN(C(=O)CC(N)Cc2cc(F)c(F)cc2F)CC1. The van der Waals surface area contributed by atoms with Gasteiger partial charge in [-0.25, -0.2) is 26.7 Å². The number of amides is 2. The van der Waals surface area contributed by atoms with Gasteiger partial charge in [0.1, 0.15) is 11.6 Å². The summed E-state index contributed by atoms with van der Waals surface area (Å²) in [5, 5.41) is 5.15. The molecule has 1 atom stereocenters. The van der Waals surface area contributed by atoms with Gasteiger partial charge in [-0.05, 0) is 36.2 Å². The Morgan fingerprint density at radius 3 is 2.20 bits per heavy atom. The molecule has 2 aromatic rings. The van der Waals surface area contributed by atoms with E-state index in [1.807, 2.05) is 0 Å². The number of sulfonamides is 1. The van der Waals surface area contributed by atoms with E-state index in [-0.39, 0.29) is 66.7 Å². The number of nitrogens with two attached hydrogens (primary N) is 2. The van der Waals surface area contributed by atoms with Crippen LogP contribution in [-0.2, 0) is 21.2 Å². The molecule has 1 aliphatic rings. The molecule has 0 radical (unpaired) electrons. The number of piperazine rings is 1. The fourth-order valence-electron chi connectivity index (χ4n) is 3.79. The van der Waals surface area contributed by atoms with E-state index in [4.69, 9.17) is 15.6 Å². The summed E-state index contributed by atoms with van der Waals surface area (Å²) in [4.78, 5) is 28.3. The highest BCUT2D eigenvalue weighted by atomic mass is 32.2. The summed E-state index contributed by atoms with van der Waals surface area (Å²) in [6.45, 7) is 0.711. The molecule has 35 heavy (non-hydrogen) atoms. The van der Waals surface area contributed by atoms with E-state index in [0.717, 1.165) is 12.1 Å². The van der Waals surface area contributed by atoms with E-state index in [9.17, 15) is 31.2 Å². The molecule has 1 fully saturated rings. The maximum atomic E-state index is 13.8. The molecular weight excluding hydrogens is 489 g/mol. The van der Waals surface area contributed by atoms with Crippen molar-refractivity contribution in [3.05, 3.63) is 58.9 Å². The largest absolute Gasteiger partial charge is 0.496 e. The van der Waals surface area contributed by atoms with Crippen LogP contribution < -0.4 is 15.6 Å². The minimum Gasteiger partial charge on any atom is -0.496 e. The minimum absolute atomic E-state index is 0.0226. The van der Waals surface area contributed by atoms with Gasteiger partial charge in [0.2, 0.25) is 15.9 Å². The Kier molecular flexibility index (Phi) is 8.03. The number of carbonyl (C=O) groups excluding carboxylic acids is 2. The number of hydrogen-bond acceptors (Lipinski definition) is 6. The summed E-state index contributed by atoms with van der Waals surface area (Å²) in [7, 11) is -2.69. The molecule has 1 heterocycles. The summed E-state index contributed by atoms with van der Waals surface area (Å²) >= 11 is 0. The van der Waals surface area contributed by atoms with E-state index in [1.54, 1.807) is 0 Å². The molecule has 1 unspecified atom stereocenters. The van der Waals surface area contributed by atoms with Gasteiger partial charge in [0.15, 0.2) is 11.6 Å². The van der Waals surface area contributed by atoms with Crippen LogP contribution in [0.2, 0.25) is 0 Å². The second-order valence-electron chi connectivity index (χ2n) is 8.11. The van der Waals surface area contributed by atoms with E-state index in [2.05, 4.69) is 0 Å². The van der Waals surface area contributed by atoms with E-state index in [1.165, 1.54) is 29.0 Å². The van der Waals surface area contributed by atoms with Crippen molar-refractivity contribution in [3.63, 3.8) is 0 Å². The van der Waals surface area contributed by atoms with Crippen LogP contribution in [-0.4, -0.2) is 69.4 Å². The first kappa shape index (κ1) is 26.4. The topological polar surface area (TPSA) is 136 Å². The predicted octanol–water partition coefficient (Wildman–Crippen LogP) is 1.00. The number of methoxy groups -OCH3 is 1. The number of carbonyl (C=O) groups is 2. The Morgan fingerprint density at radius 2 is 1.60 bits per heavy atom. The van der Waals surface area contributed by atoms with Gasteiger partial charge < -0.3 is 20.3 Å². The van der Waals surface area contributed by atoms with Gasteiger partial charge in [0, 0.05) is 44.7 Å². The number of nitrogens with zero attached hydrogens (tertiary/aromatic N) is 2. The quantitative estimate of drug-likeness (QED) is 0.530. The van der Waals surface area contributed by atoms with Crippen LogP contribution in [0.25, 0.3) is 0 Å². The fourth-order valence-corrected chi connectivity index (χ4v) is 4.33. The van der Waals surface area contributed by atoms with Crippen LogP contribution in [0.1, 0.15) is 22.3 Å². The molecule has 2 aromatic carbocycles. The van der Waals surface area contributed by atoms with Crippen molar-refractivity contribution in [1.82, 2.24) is 9.80 Å². The molecule has 13 heteroatoms. The predicted molar refractivity (Wildman–Crippen MR) is 119 cm³/mol. The minimum atomic E-state index is -4.03. The highest BCUT2D eigenvalue weighted by molar-refractivity contribution is 7.89. The van der Waals surface area contributed by atoms with Gasteiger partial charge in [-0.15, -0.1) is 0 Å². The molecule has 0 spiro atoms. The molecule has 2 amide bonds. The third-order valence-corrected chi connectivity index (χ3v) is 6.57. The van der Waals surface area contributed by atoms with E-state index < -0.39 is 39.4 Å². The molecule has 0 saturated carbocycles.